The first kappa shape index (κ1) is 8.83. The maximum absolute atomic E-state index is 10.7. The summed E-state index contributed by atoms with van der Waals surface area (Å²) in [5, 5.41) is 22.2. The number of nitrogens with zero attached hydrogens (tertiary/aromatic N) is 2. The highest BCUT2D eigenvalue weighted by Gasteiger charge is 2.13. The number of carboxylic acid groups (broad SMARTS) is 1. The lowest BCUT2D eigenvalue weighted by molar-refractivity contribution is 0.193. The standard InChI is InChI=1S/C8H5ClN2O3/c9-4-1-2-6-5(3-4)7(12)10-11(6)8(13)14/h1-3H,(H,10,12)(H,13,14). The van der Waals surface area contributed by atoms with Crippen LogP contribution in [0.25, 0.3) is 10.9 Å². The molecule has 0 amide bonds. The van der Waals surface area contributed by atoms with Crippen LogP contribution in [0.3, 0.4) is 0 Å². The number of carbonyl (C=O) groups is 1. The Morgan fingerprint density at radius 3 is 2.86 bits per heavy atom. The molecule has 72 valence electrons. The smallest absolute Gasteiger partial charge is 0.432 e. The molecular formula is C8H5ClN2O3. The van der Waals surface area contributed by atoms with Gasteiger partial charge in [-0.25, -0.2) is 4.79 Å². The molecule has 0 aliphatic heterocycles. The average Bonchev–Trinajstić information content (AvgIpc) is 2.44. The molecule has 0 saturated carbocycles. The molecule has 0 atom stereocenters. The Morgan fingerprint density at radius 2 is 2.21 bits per heavy atom. The zero-order chi connectivity index (χ0) is 10.3. The van der Waals surface area contributed by atoms with Gasteiger partial charge in [-0.05, 0) is 18.2 Å². The predicted molar refractivity (Wildman–Crippen MR) is 49.8 cm³/mol. The van der Waals surface area contributed by atoms with Crippen molar-refractivity contribution >= 4 is 28.6 Å². The highest BCUT2D eigenvalue weighted by Crippen LogP contribution is 2.26. The number of hydrogen-bond acceptors (Lipinski definition) is 3. The fourth-order valence-electron chi connectivity index (χ4n) is 1.22. The Morgan fingerprint density at radius 1 is 1.50 bits per heavy atom. The molecule has 0 aliphatic rings. The fourth-order valence-corrected chi connectivity index (χ4v) is 1.39. The lowest BCUT2D eigenvalue weighted by Gasteiger charge is -1.94. The maximum Gasteiger partial charge on any atom is 0.432 e. The van der Waals surface area contributed by atoms with Gasteiger partial charge in [0, 0.05) is 5.02 Å². The largest absolute Gasteiger partial charge is 0.492 e. The van der Waals surface area contributed by atoms with Crippen molar-refractivity contribution in [3.63, 3.8) is 0 Å². The van der Waals surface area contributed by atoms with Crippen molar-refractivity contribution < 1.29 is 15.0 Å². The number of rotatable bonds is 0. The lowest BCUT2D eigenvalue weighted by Crippen LogP contribution is -2.08. The second-order valence-corrected chi connectivity index (χ2v) is 3.12. The van der Waals surface area contributed by atoms with E-state index in [9.17, 15) is 9.90 Å². The SMILES string of the molecule is O=C(O)n1nc(O)c2cc(Cl)ccc21. The van der Waals surface area contributed by atoms with Crippen molar-refractivity contribution in [2.75, 3.05) is 0 Å². The molecule has 2 N–H and O–H groups in total. The summed E-state index contributed by atoms with van der Waals surface area (Å²) in [7, 11) is 0. The first-order chi connectivity index (χ1) is 6.59. The average molecular weight is 213 g/mol. The van der Waals surface area contributed by atoms with E-state index in [1.807, 2.05) is 0 Å². The third-order valence-corrected chi connectivity index (χ3v) is 2.04. The van der Waals surface area contributed by atoms with E-state index in [-0.39, 0.29) is 5.88 Å². The molecule has 0 saturated heterocycles. The van der Waals surface area contributed by atoms with E-state index in [4.69, 9.17) is 16.7 Å². The van der Waals surface area contributed by atoms with Crippen molar-refractivity contribution in [1.82, 2.24) is 9.78 Å². The molecular weight excluding hydrogens is 208 g/mol. The summed E-state index contributed by atoms with van der Waals surface area (Å²) in [4.78, 5) is 10.7. The summed E-state index contributed by atoms with van der Waals surface area (Å²) in [5.41, 5.74) is 0.305. The molecule has 5 nitrogen and oxygen atoms in total. The molecule has 14 heavy (non-hydrogen) atoms. The second-order valence-electron chi connectivity index (χ2n) is 2.68. The third kappa shape index (κ3) is 1.18. The Hall–Kier alpha value is -1.75. The second kappa shape index (κ2) is 2.88. The molecule has 0 radical (unpaired) electrons. The van der Waals surface area contributed by atoms with Gasteiger partial charge in [-0.15, -0.1) is 5.10 Å². The Labute approximate surface area is 83.1 Å². The van der Waals surface area contributed by atoms with E-state index >= 15 is 0 Å². The molecule has 0 aliphatic carbocycles. The van der Waals surface area contributed by atoms with Gasteiger partial charge in [-0.3, -0.25) is 0 Å². The van der Waals surface area contributed by atoms with Crippen LogP contribution < -0.4 is 0 Å². The Bertz CT molecular complexity index is 521. The van der Waals surface area contributed by atoms with E-state index in [1.165, 1.54) is 18.2 Å². The first-order valence-electron chi connectivity index (χ1n) is 3.70. The number of fused-ring (bicyclic) bond motifs is 1. The normalized spacial score (nSPS) is 10.6. The summed E-state index contributed by atoms with van der Waals surface area (Å²) in [5.74, 6) is -0.343. The van der Waals surface area contributed by atoms with Crippen LogP contribution in [-0.2, 0) is 0 Å². The van der Waals surface area contributed by atoms with Crippen molar-refractivity contribution in [2.45, 2.75) is 0 Å². The van der Waals surface area contributed by atoms with Gasteiger partial charge < -0.3 is 10.2 Å². The number of benzene rings is 1. The van der Waals surface area contributed by atoms with Gasteiger partial charge >= 0.3 is 6.09 Å². The van der Waals surface area contributed by atoms with E-state index in [0.29, 0.717) is 20.6 Å². The van der Waals surface area contributed by atoms with E-state index < -0.39 is 6.09 Å². The van der Waals surface area contributed by atoms with Gasteiger partial charge in [0.05, 0.1) is 10.9 Å². The lowest BCUT2D eigenvalue weighted by atomic mass is 10.2. The van der Waals surface area contributed by atoms with Crippen molar-refractivity contribution in [3.8, 4) is 5.88 Å². The molecule has 0 bridgehead atoms. The summed E-state index contributed by atoms with van der Waals surface area (Å²) in [6, 6.07) is 4.47. The number of halogens is 1. The molecule has 0 spiro atoms. The number of aromatic nitrogens is 2. The van der Waals surface area contributed by atoms with E-state index in [1.54, 1.807) is 0 Å². The first-order valence-corrected chi connectivity index (χ1v) is 4.08. The molecule has 0 fully saturated rings. The van der Waals surface area contributed by atoms with Crippen LogP contribution in [0.4, 0.5) is 4.79 Å². The predicted octanol–water partition coefficient (Wildman–Crippen LogP) is 1.92. The van der Waals surface area contributed by atoms with E-state index in [0.717, 1.165) is 0 Å². The van der Waals surface area contributed by atoms with E-state index in [2.05, 4.69) is 5.10 Å². The van der Waals surface area contributed by atoms with Crippen LogP contribution in [0.15, 0.2) is 18.2 Å². The highest BCUT2D eigenvalue weighted by molar-refractivity contribution is 6.31. The Kier molecular flexibility index (Phi) is 1.82. The van der Waals surface area contributed by atoms with Crippen LogP contribution in [0.1, 0.15) is 0 Å². The zero-order valence-corrected chi connectivity index (χ0v) is 7.56. The number of aromatic hydroxyl groups is 1. The fraction of sp³-hybridized carbons (Fsp3) is 0. The Balaban J connectivity index is 2.84. The molecule has 1 aromatic carbocycles. The van der Waals surface area contributed by atoms with Gasteiger partial charge in [0.2, 0.25) is 5.88 Å². The summed E-state index contributed by atoms with van der Waals surface area (Å²) in [6.07, 6.45) is -1.25. The van der Waals surface area contributed by atoms with Crippen LogP contribution >= 0.6 is 11.6 Å². The molecule has 1 heterocycles. The minimum atomic E-state index is -1.25. The molecule has 2 rings (SSSR count). The molecule has 6 heteroatoms. The van der Waals surface area contributed by atoms with Crippen molar-refractivity contribution in [1.29, 1.82) is 0 Å². The van der Waals surface area contributed by atoms with Crippen LogP contribution in [-0.4, -0.2) is 26.1 Å². The summed E-state index contributed by atoms with van der Waals surface area (Å²) < 4.78 is 0.695. The van der Waals surface area contributed by atoms with Gasteiger partial charge in [-0.2, -0.15) is 4.68 Å². The topological polar surface area (TPSA) is 75.3 Å². The molecule has 1 aromatic heterocycles. The quantitative estimate of drug-likeness (QED) is 0.700. The van der Waals surface area contributed by atoms with Crippen LogP contribution in [0, 0.1) is 0 Å². The number of hydrogen-bond donors (Lipinski definition) is 2. The summed E-state index contributed by atoms with van der Waals surface area (Å²) in [6.45, 7) is 0. The van der Waals surface area contributed by atoms with Gasteiger partial charge in [0.25, 0.3) is 0 Å². The van der Waals surface area contributed by atoms with Gasteiger partial charge in [0.1, 0.15) is 0 Å². The monoisotopic (exact) mass is 212 g/mol. The van der Waals surface area contributed by atoms with Gasteiger partial charge in [0.15, 0.2) is 0 Å². The highest BCUT2D eigenvalue weighted by atomic mass is 35.5. The minimum absolute atomic E-state index is 0.305. The molecule has 0 unspecified atom stereocenters. The van der Waals surface area contributed by atoms with Gasteiger partial charge in [-0.1, -0.05) is 11.6 Å². The zero-order valence-electron chi connectivity index (χ0n) is 6.81. The van der Waals surface area contributed by atoms with Crippen LogP contribution in [0.5, 0.6) is 5.88 Å². The summed E-state index contributed by atoms with van der Waals surface area (Å²) >= 11 is 5.68. The van der Waals surface area contributed by atoms with Crippen molar-refractivity contribution in [2.24, 2.45) is 0 Å². The van der Waals surface area contributed by atoms with Crippen molar-refractivity contribution in [3.05, 3.63) is 23.2 Å². The minimum Gasteiger partial charge on any atom is -0.492 e. The molecule has 2 aromatic rings. The van der Waals surface area contributed by atoms with Crippen LogP contribution in [0.2, 0.25) is 5.02 Å². The maximum atomic E-state index is 10.7. The third-order valence-electron chi connectivity index (χ3n) is 1.80.